The van der Waals surface area contributed by atoms with E-state index in [-0.39, 0.29) is 10.9 Å². The third-order valence-electron chi connectivity index (χ3n) is 1.63. The molecule has 0 saturated heterocycles. The van der Waals surface area contributed by atoms with Crippen molar-refractivity contribution in [3.8, 4) is 5.75 Å². The second-order valence-electron chi connectivity index (χ2n) is 2.54. The Balaban J connectivity index is 2.22. The van der Waals surface area contributed by atoms with E-state index < -0.39 is 6.23 Å². The highest BCUT2D eigenvalue weighted by Crippen LogP contribution is 2.25. The number of thiocarbonyl (C=S) groups is 1. The zero-order valence-corrected chi connectivity index (χ0v) is 7.36. The monoisotopic (exact) mass is 194 g/mol. The van der Waals surface area contributed by atoms with Gasteiger partial charge in [0.2, 0.25) is 6.23 Å². The predicted octanol–water partition coefficient (Wildman–Crippen LogP) is 2.16. The van der Waals surface area contributed by atoms with Crippen LogP contribution >= 0.6 is 12.2 Å². The van der Waals surface area contributed by atoms with E-state index in [4.69, 9.17) is 9.84 Å². The van der Waals surface area contributed by atoms with Crippen molar-refractivity contribution < 1.29 is 9.84 Å². The Morgan fingerprint density at radius 3 is 2.54 bits per heavy atom. The highest BCUT2D eigenvalue weighted by molar-refractivity contribution is 7.80. The van der Waals surface area contributed by atoms with Gasteiger partial charge in [0, 0.05) is 5.56 Å². The van der Waals surface area contributed by atoms with E-state index in [1.54, 1.807) is 24.3 Å². The summed E-state index contributed by atoms with van der Waals surface area (Å²) in [5, 5.41) is 16.6. The van der Waals surface area contributed by atoms with E-state index in [0.29, 0.717) is 0 Å². The van der Waals surface area contributed by atoms with Crippen LogP contribution in [0.4, 0.5) is 0 Å². The maximum atomic E-state index is 9.03. The fourth-order valence-electron chi connectivity index (χ4n) is 1.02. The van der Waals surface area contributed by atoms with Crippen LogP contribution in [0.2, 0.25) is 0 Å². The summed E-state index contributed by atoms with van der Waals surface area (Å²) in [6.45, 7) is 0. The van der Waals surface area contributed by atoms with Crippen LogP contribution in [-0.4, -0.2) is 10.3 Å². The van der Waals surface area contributed by atoms with Crippen LogP contribution in [0.3, 0.4) is 0 Å². The lowest BCUT2D eigenvalue weighted by molar-refractivity contribution is 0.227. The maximum absolute atomic E-state index is 9.03. The van der Waals surface area contributed by atoms with Crippen molar-refractivity contribution in [2.24, 2.45) is 10.2 Å². The first-order valence-electron chi connectivity index (χ1n) is 3.66. The summed E-state index contributed by atoms with van der Waals surface area (Å²) in [6.07, 6.45) is -0.451. The number of rotatable bonds is 1. The molecule has 0 spiro atoms. The van der Waals surface area contributed by atoms with Crippen molar-refractivity contribution in [3.63, 3.8) is 0 Å². The van der Waals surface area contributed by atoms with Gasteiger partial charge in [-0.1, -0.05) is 0 Å². The third-order valence-corrected chi connectivity index (χ3v) is 1.81. The number of nitrogens with zero attached hydrogens (tertiary/aromatic N) is 2. The van der Waals surface area contributed by atoms with Gasteiger partial charge in [-0.25, -0.2) is 0 Å². The Bertz CT molecular complexity index is 361. The molecule has 1 aromatic rings. The average molecular weight is 194 g/mol. The van der Waals surface area contributed by atoms with Gasteiger partial charge in [-0.05, 0) is 36.5 Å². The van der Waals surface area contributed by atoms with Crippen LogP contribution in [-0.2, 0) is 4.74 Å². The molecule has 1 N–H and O–H groups in total. The lowest BCUT2D eigenvalue weighted by Gasteiger charge is -2.05. The Morgan fingerprint density at radius 1 is 1.31 bits per heavy atom. The summed E-state index contributed by atoms with van der Waals surface area (Å²) in [6, 6.07) is 6.56. The molecule has 1 atom stereocenters. The van der Waals surface area contributed by atoms with Gasteiger partial charge in [0.05, 0.1) is 0 Å². The second kappa shape index (κ2) is 3.10. The lowest BCUT2D eigenvalue weighted by atomic mass is 10.2. The number of phenols is 1. The van der Waals surface area contributed by atoms with Gasteiger partial charge < -0.3 is 9.84 Å². The SMILES string of the molecule is Oc1ccc(C2N=NC(=S)O2)cc1. The molecule has 1 aliphatic rings. The Labute approximate surface area is 79.9 Å². The van der Waals surface area contributed by atoms with E-state index in [0.717, 1.165) is 5.56 Å². The van der Waals surface area contributed by atoms with E-state index in [9.17, 15) is 0 Å². The number of hydrogen-bond donors (Lipinski definition) is 1. The average Bonchev–Trinajstić information content (AvgIpc) is 2.53. The fourth-order valence-corrected chi connectivity index (χ4v) is 1.15. The van der Waals surface area contributed by atoms with Crippen LogP contribution in [0, 0.1) is 0 Å². The van der Waals surface area contributed by atoms with Crippen molar-refractivity contribution in [1.82, 2.24) is 0 Å². The van der Waals surface area contributed by atoms with Crippen LogP contribution in [0.15, 0.2) is 34.5 Å². The standard InChI is InChI=1S/C8H6N2O2S/c11-6-3-1-5(2-4-6)7-9-10-8(13)12-7/h1-4,7,11H. The smallest absolute Gasteiger partial charge is 0.304 e. The Kier molecular flexibility index (Phi) is 1.94. The van der Waals surface area contributed by atoms with Gasteiger partial charge in [-0.2, -0.15) is 0 Å². The summed E-state index contributed by atoms with van der Waals surface area (Å²) in [5.41, 5.74) is 0.821. The zero-order chi connectivity index (χ0) is 9.26. The van der Waals surface area contributed by atoms with Crippen LogP contribution in [0.1, 0.15) is 11.8 Å². The minimum Gasteiger partial charge on any atom is -0.508 e. The molecule has 5 heteroatoms. The molecule has 0 aromatic heterocycles. The number of ether oxygens (including phenoxy) is 1. The number of azo groups is 1. The quantitative estimate of drug-likeness (QED) is 0.697. The highest BCUT2D eigenvalue weighted by atomic mass is 32.1. The minimum absolute atomic E-state index is 0.151. The third kappa shape index (κ3) is 1.65. The van der Waals surface area contributed by atoms with E-state index in [1.807, 2.05) is 0 Å². The molecule has 0 bridgehead atoms. The van der Waals surface area contributed by atoms with Crippen LogP contribution in [0.25, 0.3) is 0 Å². The topological polar surface area (TPSA) is 54.2 Å². The predicted molar refractivity (Wildman–Crippen MR) is 49.4 cm³/mol. The minimum atomic E-state index is -0.451. The van der Waals surface area contributed by atoms with Crippen LogP contribution < -0.4 is 0 Å². The molecule has 0 saturated carbocycles. The first-order valence-corrected chi connectivity index (χ1v) is 4.07. The maximum Gasteiger partial charge on any atom is 0.304 e. The summed E-state index contributed by atoms with van der Waals surface area (Å²) >= 11 is 4.69. The summed E-state index contributed by atoms with van der Waals surface area (Å²) < 4.78 is 5.10. The molecule has 1 aliphatic heterocycles. The first kappa shape index (κ1) is 8.12. The van der Waals surface area contributed by atoms with Gasteiger partial charge in [0.25, 0.3) is 0 Å². The number of aromatic hydroxyl groups is 1. The number of benzene rings is 1. The molecular weight excluding hydrogens is 188 g/mol. The van der Waals surface area contributed by atoms with Crippen LogP contribution in [0.5, 0.6) is 5.75 Å². The van der Waals surface area contributed by atoms with E-state index >= 15 is 0 Å². The van der Waals surface area contributed by atoms with Gasteiger partial charge in [-0.15, -0.1) is 10.2 Å². The normalized spacial score (nSPS) is 20.3. The molecule has 66 valence electrons. The Hall–Kier alpha value is -1.49. The molecule has 1 aromatic carbocycles. The van der Waals surface area contributed by atoms with Crippen molar-refractivity contribution in [3.05, 3.63) is 29.8 Å². The molecule has 0 aliphatic carbocycles. The van der Waals surface area contributed by atoms with E-state index in [1.165, 1.54) is 0 Å². The van der Waals surface area contributed by atoms with Gasteiger partial charge in [0.15, 0.2) is 0 Å². The largest absolute Gasteiger partial charge is 0.508 e. The Morgan fingerprint density at radius 2 is 2.00 bits per heavy atom. The molecule has 1 heterocycles. The van der Waals surface area contributed by atoms with E-state index in [2.05, 4.69) is 22.4 Å². The van der Waals surface area contributed by atoms with Gasteiger partial charge in [0.1, 0.15) is 5.75 Å². The summed E-state index contributed by atoms with van der Waals surface area (Å²) in [4.78, 5) is 0. The van der Waals surface area contributed by atoms with Gasteiger partial charge in [-0.3, -0.25) is 0 Å². The fraction of sp³-hybridized carbons (Fsp3) is 0.125. The molecule has 0 amide bonds. The van der Waals surface area contributed by atoms with Crippen molar-refractivity contribution in [1.29, 1.82) is 0 Å². The molecule has 4 nitrogen and oxygen atoms in total. The molecule has 13 heavy (non-hydrogen) atoms. The molecular formula is C8H6N2O2S. The lowest BCUT2D eigenvalue weighted by Crippen LogP contribution is -1.97. The molecule has 0 radical (unpaired) electrons. The number of phenolic OH excluding ortho intramolecular Hbond substituents is 1. The second-order valence-corrected chi connectivity index (χ2v) is 2.89. The van der Waals surface area contributed by atoms with Crippen molar-refractivity contribution >= 4 is 17.4 Å². The zero-order valence-electron chi connectivity index (χ0n) is 6.54. The first-order chi connectivity index (χ1) is 6.25. The summed E-state index contributed by atoms with van der Waals surface area (Å²) in [5.74, 6) is 0.210. The number of hydrogen-bond acceptors (Lipinski definition) is 4. The molecule has 0 fully saturated rings. The van der Waals surface area contributed by atoms with Crippen molar-refractivity contribution in [2.45, 2.75) is 6.23 Å². The molecule has 2 rings (SSSR count). The van der Waals surface area contributed by atoms with Crippen molar-refractivity contribution in [2.75, 3.05) is 0 Å². The van der Waals surface area contributed by atoms with Gasteiger partial charge >= 0.3 is 5.17 Å². The summed E-state index contributed by atoms with van der Waals surface area (Å²) in [7, 11) is 0. The highest BCUT2D eigenvalue weighted by Gasteiger charge is 2.18. The molecule has 1 unspecified atom stereocenters.